The first-order valence-corrected chi connectivity index (χ1v) is 5.71. The Labute approximate surface area is 112 Å². The smallest absolute Gasteiger partial charge is 0.416 e. The van der Waals surface area contributed by atoms with Crippen molar-refractivity contribution in [3.8, 4) is 0 Å². The molecular formula is C13H11F3N2O2. The Kier molecular flexibility index (Phi) is 3.52. The molecule has 0 unspecified atom stereocenters. The van der Waals surface area contributed by atoms with Crippen molar-refractivity contribution in [3.63, 3.8) is 0 Å². The second kappa shape index (κ2) is 4.99. The minimum Gasteiger partial charge on any atom is -0.479 e. The van der Waals surface area contributed by atoms with Gasteiger partial charge in [0, 0.05) is 6.20 Å². The van der Waals surface area contributed by atoms with Crippen molar-refractivity contribution in [3.05, 3.63) is 53.3 Å². The van der Waals surface area contributed by atoms with Crippen LogP contribution in [0.5, 0.6) is 0 Å². The molecule has 20 heavy (non-hydrogen) atoms. The molecular weight excluding hydrogens is 273 g/mol. The molecule has 2 rings (SSSR count). The summed E-state index contributed by atoms with van der Waals surface area (Å²) in [6.07, 6.45) is -3.09. The van der Waals surface area contributed by atoms with Gasteiger partial charge >= 0.3 is 12.1 Å². The first-order chi connectivity index (χ1) is 9.29. The number of rotatable bonds is 3. The van der Waals surface area contributed by atoms with Gasteiger partial charge in [-0.05, 0) is 30.7 Å². The van der Waals surface area contributed by atoms with Crippen LogP contribution in [0.15, 0.2) is 36.5 Å². The van der Waals surface area contributed by atoms with E-state index in [1.807, 2.05) is 0 Å². The van der Waals surface area contributed by atoms with Gasteiger partial charge in [0.1, 0.15) is 0 Å². The molecule has 7 heteroatoms. The Balaban J connectivity index is 2.48. The molecule has 0 fully saturated rings. The monoisotopic (exact) mass is 284 g/mol. The van der Waals surface area contributed by atoms with Gasteiger partial charge in [-0.25, -0.2) is 4.79 Å². The van der Waals surface area contributed by atoms with E-state index >= 15 is 0 Å². The van der Waals surface area contributed by atoms with E-state index in [2.05, 4.69) is 5.10 Å². The highest BCUT2D eigenvalue weighted by molar-refractivity contribution is 5.76. The van der Waals surface area contributed by atoms with Crippen molar-refractivity contribution in [1.29, 1.82) is 0 Å². The number of alkyl halides is 3. The summed E-state index contributed by atoms with van der Waals surface area (Å²) in [5, 5.41) is 13.2. The molecule has 0 amide bonds. The number of carboxylic acid groups (broad SMARTS) is 1. The van der Waals surface area contributed by atoms with E-state index < -0.39 is 23.8 Å². The second-order valence-electron chi connectivity index (χ2n) is 4.30. The lowest BCUT2D eigenvalue weighted by Gasteiger charge is -2.15. The first-order valence-electron chi connectivity index (χ1n) is 5.71. The molecule has 1 atom stereocenters. The maximum Gasteiger partial charge on any atom is 0.416 e. The van der Waals surface area contributed by atoms with Crippen LogP contribution in [0.2, 0.25) is 0 Å². The summed E-state index contributed by atoms with van der Waals surface area (Å²) in [5.41, 5.74) is -0.274. The number of aryl methyl sites for hydroxylation is 1. The summed E-state index contributed by atoms with van der Waals surface area (Å²) >= 11 is 0. The molecule has 4 nitrogen and oxygen atoms in total. The quantitative estimate of drug-likeness (QED) is 0.942. The topological polar surface area (TPSA) is 55.1 Å². The zero-order valence-electron chi connectivity index (χ0n) is 10.4. The fourth-order valence-corrected chi connectivity index (χ4v) is 1.87. The molecule has 1 N–H and O–H groups in total. The van der Waals surface area contributed by atoms with Crippen LogP contribution in [0.25, 0.3) is 0 Å². The molecule has 0 aliphatic carbocycles. The summed E-state index contributed by atoms with van der Waals surface area (Å²) in [7, 11) is 0. The van der Waals surface area contributed by atoms with Crippen LogP contribution in [0, 0.1) is 6.92 Å². The standard InChI is InChI=1S/C13H11F3N2O2/c1-8-5-6-18(17-8)11(12(19)20)9-3-2-4-10(7-9)13(14,15)16/h2-7,11H,1H3,(H,19,20)/t11-/m0/s1. The summed E-state index contributed by atoms with van der Waals surface area (Å²) in [5.74, 6) is -1.27. The molecule has 2 aromatic rings. The van der Waals surface area contributed by atoms with Gasteiger partial charge in [-0.15, -0.1) is 0 Å². The zero-order valence-corrected chi connectivity index (χ0v) is 10.4. The third kappa shape index (κ3) is 2.81. The lowest BCUT2D eigenvalue weighted by Crippen LogP contribution is -2.21. The number of hydrogen-bond acceptors (Lipinski definition) is 2. The van der Waals surface area contributed by atoms with Gasteiger partial charge in [-0.2, -0.15) is 18.3 Å². The van der Waals surface area contributed by atoms with Gasteiger partial charge in [0.2, 0.25) is 0 Å². The third-order valence-electron chi connectivity index (χ3n) is 2.77. The number of hydrogen-bond donors (Lipinski definition) is 1. The third-order valence-corrected chi connectivity index (χ3v) is 2.77. The summed E-state index contributed by atoms with van der Waals surface area (Å²) in [6.45, 7) is 1.67. The fourth-order valence-electron chi connectivity index (χ4n) is 1.87. The summed E-state index contributed by atoms with van der Waals surface area (Å²) in [6, 6.07) is 4.55. The molecule has 0 spiro atoms. The van der Waals surface area contributed by atoms with Crippen LogP contribution < -0.4 is 0 Å². The minimum atomic E-state index is -4.51. The molecule has 1 aromatic heterocycles. The average Bonchev–Trinajstić information content (AvgIpc) is 2.74. The number of halogens is 3. The molecule has 0 saturated carbocycles. The van der Waals surface area contributed by atoms with E-state index in [0.29, 0.717) is 5.69 Å². The van der Waals surface area contributed by atoms with Gasteiger partial charge in [-0.1, -0.05) is 12.1 Å². The Morgan fingerprint density at radius 3 is 2.55 bits per heavy atom. The highest BCUT2D eigenvalue weighted by Crippen LogP contribution is 2.31. The minimum absolute atomic E-state index is 0.0235. The van der Waals surface area contributed by atoms with Crippen LogP contribution in [0.4, 0.5) is 13.2 Å². The Bertz CT molecular complexity index is 635. The lowest BCUT2D eigenvalue weighted by molar-refractivity contribution is -0.141. The lowest BCUT2D eigenvalue weighted by atomic mass is 10.0. The van der Waals surface area contributed by atoms with Crippen LogP contribution in [0.3, 0.4) is 0 Å². The predicted molar refractivity (Wildman–Crippen MR) is 64.2 cm³/mol. The summed E-state index contributed by atoms with van der Waals surface area (Å²) < 4.78 is 39.1. The Morgan fingerprint density at radius 2 is 2.05 bits per heavy atom. The highest BCUT2D eigenvalue weighted by Gasteiger charge is 2.32. The Morgan fingerprint density at radius 1 is 1.35 bits per heavy atom. The highest BCUT2D eigenvalue weighted by atomic mass is 19.4. The number of benzene rings is 1. The van der Waals surface area contributed by atoms with E-state index in [9.17, 15) is 23.1 Å². The number of carbonyl (C=O) groups is 1. The van der Waals surface area contributed by atoms with Crippen LogP contribution in [0.1, 0.15) is 22.9 Å². The average molecular weight is 284 g/mol. The maximum atomic E-state index is 12.7. The van der Waals surface area contributed by atoms with E-state index in [1.54, 1.807) is 13.0 Å². The molecule has 0 aliphatic rings. The molecule has 106 valence electrons. The van der Waals surface area contributed by atoms with Gasteiger partial charge in [0.25, 0.3) is 0 Å². The molecule has 1 heterocycles. The number of nitrogens with zero attached hydrogens (tertiary/aromatic N) is 2. The van der Waals surface area contributed by atoms with Crippen LogP contribution in [-0.2, 0) is 11.0 Å². The SMILES string of the molecule is Cc1ccn([C@H](C(=O)O)c2cccc(C(F)(F)F)c2)n1. The van der Waals surface area contributed by atoms with Crippen molar-refractivity contribution < 1.29 is 23.1 Å². The Hall–Kier alpha value is -2.31. The van der Waals surface area contributed by atoms with E-state index in [4.69, 9.17) is 0 Å². The maximum absolute atomic E-state index is 12.7. The van der Waals surface area contributed by atoms with Crippen molar-refractivity contribution in [2.75, 3.05) is 0 Å². The molecule has 1 aromatic carbocycles. The van der Waals surface area contributed by atoms with Gasteiger partial charge in [0.05, 0.1) is 11.3 Å². The molecule has 0 saturated heterocycles. The summed E-state index contributed by atoms with van der Waals surface area (Å²) in [4.78, 5) is 11.3. The number of aliphatic carboxylic acids is 1. The molecule has 0 bridgehead atoms. The van der Waals surface area contributed by atoms with E-state index in [-0.39, 0.29) is 5.56 Å². The predicted octanol–water partition coefficient (Wildman–Crippen LogP) is 2.88. The largest absolute Gasteiger partial charge is 0.479 e. The van der Waals surface area contributed by atoms with Gasteiger partial charge < -0.3 is 5.11 Å². The van der Waals surface area contributed by atoms with Crippen LogP contribution in [-0.4, -0.2) is 20.9 Å². The number of carboxylic acids is 1. The molecule has 0 radical (unpaired) electrons. The second-order valence-corrected chi connectivity index (χ2v) is 4.30. The normalized spacial score (nSPS) is 13.2. The first kappa shape index (κ1) is 14.1. The van der Waals surface area contributed by atoms with Gasteiger partial charge in [-0.3, -0.25) is 4.68 Å². The van der Waals surface area contributed by atoms with Crippen molar-refractivity contribution in [2.45, 2.75) is 19.1 Å². The van der Waals surface area contributed by atoms with Crippen molar-refractivity contribution in [2.24, 2.45) is 0 Å². The fraction of sp³-hybridized carbons (Fsp3) is 0.231. The van der Waals surface area contributed by atoms with Crippen molar-refractivity contribution in [1.82, 2.24) is 9.78 Å². The van der Waals surface area contributed by atoms with E-state index in [1.165, 1.54) is 18.3 Å². The van der Waals surface area contributed by atoms with Crippen molar-refractivity contribution >= 4 is 5.97 Å². The number of aromatic nitrogens is 2. The van der Waals surface area contributed by atoms with Crippen LogP contribution >= 0.6 is 0 Å². The zero-order chi connectivity index (χ0) is 14.9. The van der Waals surface area contributed by atoms with E-state index in [0.717, 1.165) is 16.8 Å². The van der Waals surface area contributed by atoms with Gasteiger partial charge in [0.15, 0.2) is 6.04 Å². The molecule has 0 aliphatic heterocycles.